The van der Waals surface area contributed by atoms with Gasteiger partial charge >= 0.3 is 0 Å². The molecule has 4 nitrogen and oxygen atoms in total. The Balaban J connectivity index is 1.99. The second-order valence-electron chi connectivity index (χ2n) is 6.14. The number of nitrogens with zero attached hydrogens (tertiary/aromatic N) is 4. The molecule has 0 amide bonds. The molecule has 110 valence electrons. The molecule has 1 aromatic heterocycles. The summed E-state index contributed by atoms with van der Waals surface area (Å²) in [6.07, 6.45) is 2.57. The number of aromatic nitrogens is 2. The fraction of sp³-hybridized carbons (Fsp3) is 0.529. The van der Waals surface area contributed by atoms with E-state index in [-0.39, 0.29) is 5.92 Å². The fourth-order valence-corrected chi connectivity index (χ4v) is 3.07. The van der Waals surface area contributed by atoms with Crippen LogP contribution < -0.4 is 0 Å². The van der Waals surface area contributed by atoms with Gasteiger partial charge in [-0.25, -0.2) is 4.98 Å². The molecule has 1 fully saturated rings. The second kappa shape index (κ2) is 5.87. The predicted octanol–water partition coefficient (Wildman–Crippen LogP) is 3.10. The van der Waals surface area contributed by atoms with E-state index >= 15 is 0 Å². The summed E-state index contributed by atoms with van der Waals surface area (Å²) >= 11 is 0. The average Bonchev–Trinajstić information content (AvgIpc) is 3.08. The van der Waals surface area contributed by atoms with E-state index in [0.717, 1.165) is 43.0 Å². The molecule has 21 heavy (non-hydrogen) atoms. The van der Waals surface area contributed by atoms with Crippen molar-refractivity contribution >= 4 is 11.0 Å². The third-order valence-electron chi connectivity index (χ3n) is 4.22. The van der Waals surface area contributed by atoms with Crippen molar-refractivity contribution in [2.45, 2.75) is 39.8 Å². The Kier molecular flexibility index (Phi) is 3.94. The zero-order valence-corrected chi connectivity index (χ0v) is 12.8. The number of fused-ring (bicyclic) bond motifs is 1. The highest BCUT2D eigenvalue weighted by atomic mass is 15.2. The van der Waals surface area contributed by atoms with Gasteiger partial charge in [-0.15, -0.1) is 0 Å². The van der Waals surface area contributed by atoms with Crippen LogP contribution in [-0.4, -0.2) is 27.5 Å². The highest BCUT2D eigenvalue weighted by Crippen LogP contribution is 2.21. The molecule has 0 aliphatic carbocycles. The van der Waals surface area contributed by atoms with Crippen molar-refractivity contribution in [2.24, 2.45) is 5.92 Å². The second-order valence-corrected chi connectivity index (χ2v) is 6.14. The van der Waals surface area contributed by atoms with E-state index in [1.165, 1.54) is 18.4 Å². The molecule has 1 unspecified atom stereocenters. The average molecular weight is 282 g/mol. The molecule has 1 atom stereocenters. The molecule has 0 saturated carbocycles. The molecule has 2 heterocycles. The monoisotopic (exact) mass is 282 g/mol. The van der Waals surface area contributed by atoms with Crippen LogP contribution in [0.2, 0.25) is 0 Å². The van der Waals surface area contributed by atoms with Crippen LogP contribution in [0.1, 0.15) is 31.2 Å². The van der Waals surface area contributed by atoms with E-state index in [9.17, 15) is 0 Å². The maximum atomic E-state index is 9.13. The lowest BCUT2D eigenvalue weighted by molar-refractivity contribution is 0.315. The Morgan fingerprint density at radius 1 is 1.33 bits per heavy atom. The minimum atomic E-state index is 0.000955. The summed E-state index contributed by atoms with van der Waals surface area (Å²) < 4.78 is 2.24. The van der Waals surface area contributed by atoms with Crippen LogP contribution in [0.3, 0.4) is 0 Å². The van der Waals surface area contributed by atoms with E-state index in [1.54, 1.807) is 0 Å². The molecule has 4 heteroatoms. The Bertz CT molecular complexity index is 674. The number of hydrogen-bond donors (Lipinski definition) is 0. The van der Waals surface area contributed by atoms with Gasteiger partial charge in [-0.3, -0.25) is 4.90 Å². The first kappa shape index (κ1) is 14.1. The highest BCUT2D eigenvalue weighted by molar-refractivity contribution is 5.76. The standard InChI is InChI=1S/C17H22N4/c1-13-5-6-16-15(9-13)19-17(12-20-7-3-4-8-20)21(16)11-14(2)10-18/h5-6,9,14H,3-4,7-8,11-12H2,1-2H3. The lowest BCUT2D eigenvalue weighted by atomic mass is 10.2. The summed E-state index contributed by atoms with van der Waals surface area (Å²) in [5.74, 6) is 1.10. The molecule has 1 aliphatic heterocycles. The van der Waals surface area contributed by atoms with Crippen molar-refractivity contribution in [1.29, 1.82) is 5.26 Å². The first-order valence-corrected chi connectivity index (χ1v) is 7.75. The summed E-state index contributed by atoms with van der Waals surface area (Å²) in [4.78, 5) is 7.30. The van der Waals surface area contributed by atoms with Gasteiger partial charge in [-0.2, -0.15) is 5.26 Å². The summed E-state index contributed by atoms with van der Waals surface area (Å²) in [5, 5.41) is 9.13. The molecule has 1 saturated heterocycles. The first-order chi connectivity index (χ1) is 10.2. The van der Waals surface area contributed by atoms with E-state index in [0.29, 0.717) is 0 Å². The van der Waals surface area contributed by atoms with Crippen LogP contribution in [-0.2, 0) is 13.1 Å². The van der Waals surface area contributed by atoms with Gasteiger partial charge in [0.05, 0.1) is 29.6 Å². The summed E-state index contributed by atoms with van der Waals surface area (Å²) in [5.41, 5.74) is 3.43. The molecule has 1 aromatic carbocycles. The number of likely N-dealkylation sites (tertiary alicyclic amines) is 1. The van der Waals surface area contributed by atoms with Crippen LogP contribution in [0, 0.1) is 24.2 Å². The predicted molar refractivity (Wildman–Crippen MR) is 83.8 cm³/mol. The topological polar surface area (TPSA) is 44.9 Å². The Morgan fingerprint density at radius 3 is 2.81 bits per heavy atom. The third-order valence-corrected chi connectivity index (χ3v) is 4.22. The SMILES string of the molecule is Cc1ccc2c(c1)nc(CN1CCCC1)n2CC(C)C#N. The number of benzene rings is 1. The lowest BCUT2D eigenvalue weighted by Crippen LogP contribution is -2.22. The quantitative estimate of drug-likeness (QED) is 0.865. The van der Waals surface area contributed by atoms with Crippen LogP contribution in [0.15, 0.2) is 18.2 Å². The molecule has 0 bridgehead atoms. The summed E-state index contributed by atoms with van der Waals surface area (Å²) in [7, 11) is 0. The van der Waals surface area contributed by atoms with Crippen LogP contribution in [0.25, 0.3) is 11.0 Å². The van der Waals surface area contributed by atoms with Gasteiger partial charge in [0.15, 0.2) is 0 Å². The zero-order valence-electron chi connectivity index (χ0n) is 12.8. The van der Waals surface area contributed by atoms with Crippen molar-refractivity contribution in [1.82, 2.24) is 14.5 Å². The molecule has 0 radical (unpaired) electrons. The molecule has 1 aliphatic rings. The van der Waals surface area contributed by atoms with Gasteiger partial charge in [0.2, 0.25) is 0 Å². The zero-order chi connectivity index (χ0) is 14.8. The maximum Gasteiger partial charge on any atom is 0.124 e. The van der Waals surface area contributed by atoms with Gasteiger partial charge in [0.1, 0.15) is 5.82 Å². The number of imidazole rings is 1. The highest BCUT2D eigenvalue weighted by Gasteiger charge is 2.18. The Hall–Kier alpha value is -1.86. The lowest BCUT2D eigenvalue weighted by Gasteiger charge is -2.16. The number of rotatable bonds is 4. The Morgan fingerprint density at radius 2 is 2.10 bits per heavy atom. The van der Waals surface area contributed by atoms with E-state index < -0.39 is 0 Å². The number of aryl methyl sites for hydroxylation is 1. The maximum absolute atomic E-state index is 9.13. The first-order valence-electron chi connectivity index (χ1n) is 7.75. The van der Waals surface area contributed by atoms with Gasteiger partial charge in [-0.1, -0.05) is 6.07 Å². The van der Waals surface area contributed by atoms with Crippen molar-refractivity contribution in [3.05, 3.63) is 29.6 Å². The largest absolute Gasteiger partial charge is 0.326 e. The summed E-state index contributed by atoms with van der Waals surface area (Å²) in [6.45, 7) is 8.01. The van der Waals surface area contributed by atoms with E-state index in [2.05, 4.69) is 40.7 Å². The molecule has 2 aromatic rings. The molecule has 0 N–H and O–H groups in total. The van der Waals surface area contributed by atoms with E-state index in [1.807, 2.05) is 6.92 Å². The van der Waals surface area contributed by atoms with Gasteiger partial charge < -0.3 is 4.57 Å². The van der Waals surface area contributed by atoms with Crippen molar-refractivity contribution in [3.63, 3.8) is 0 Å². The van der Waals surface area contributed by atoms with Gasteiger partial charge in [-0.05, 0) is 57.5 Å². The fourth-order valence-electron chi connectivity index (χ4n) is 3.07. The van der Waals surface area contributed by atoms with Gasteiger partial charge in [0.25, 0.3) is 0 Å². The van der Waals surface area contributed by atoms with Crippen molar-refractivity contribution < 1.29 is 0 Å². The van der Waals surface area contributed by atoms with E-state index in [4.69, 9.17) is 10.2 Å². The van der Waals surface area contributed by atoms with Crippen LogP contribution >= 0.6 is 0 Å². The van der Waals surface area contributed by atoms with Crippen molar-refractivity contribution in [3.8, 4) is 6.07 Å². The summed E-state index contributed by atoms with van der Waals surface area (Å²) in [6, 6.07) is 8.73. The molecule has 3 rings (SSSR count). The van der Waals surface area contributed by atoms with Gasteiger partial charge in [0, 0.05) is 6.54 Å². The number of hydrogen-bond acceptors (Lipinski definition) is 3. The third kappa shape index (κ3) is 2.93. The van der Waals surface area contributed by atoms with Crippen molar-refractivity contribution in [2.75, 3.05) is 13.1 Å². The van der Waals surface area contributed by atoms with Crippen LogP contribution in [0.5, 0.6) is 0 Å². The minimum absolute atomic E-state index is 0.000955. The Labute approximate surface area is 126 Å². The molecular formula is C17H22N4. The molecule has 0 spiro atoms. The normalized spacial score (nSPS) is 17.2. The number of nitriles is 1. The minimum Gasteiger partial charge on any atom is -0.326 e. The molecular weight excluding hydrogens is 260 g/mol. The van der Waals surface area contributed by atoms with Crippen LogP contribution in [0.4, 0.5) is 0 Å². The smallest absolute Gasteiger partial charge is 0.124 e.